The highest BCUT2D eigenvalue weighted by Gasteiger charge is 2.45. The number of hydrogen-bond acceptors (Lipinski definition) is 7. The SMILES string of the molecule is Cc1nc(CO[C@H]2CO[C@@]3(CCN(Cc4nccs4)C3)C2)cs1. The molecule has 124 valence electrons. The van der Waals surface area contributed by atoms with E-state index in [0.29, 0.717) is 13.2 Å². The monoisotopic (exact) mass is 351 g/mol. The van der Waals surface area contributed by atoms with Gasteiger partial charge >= 0.3 is 0 Å². The minimum Gasteiger partial charge on any atom is -0.371 e. The number of nitrogens with zero attached hydrogens (tertiary/aromatic N) is 3. The van der Waals surface area contributed by atoms with Gasteiger partial charge in [0.05, 0.1) is 42.2 Å². The Morgan fingerprint density at radius 3 is 3.22 bits per heavy atom. The fourth-order valence-corrected chi connectivity index (χ4v) is 4.71. The van der Waals surface area contributed by atoms with Crippen LogP contribution in [0.2, 0.25) is 0 Å². The van der Waals surface area contributed by atoms with Gasteiger partial charge in [-0.3, -0.25) is 4.90 Å². The van der Waals surface area contributed by atoms with Crippen LogP contribution in [0.5, 0.6) is 0 Å². The third-order valence-corrected chi connectivity index (χ3v) is 6.13. The lowest BCUT2D eigenvalue weighted by molar-refractivity contribution is -0.000751. The minimum absolute atomic E-state index is 0.0140. The first-order chi connectivity index (χ1) is 11.2. The van der Waals surface area contributed by atoms with Crippen molar-refractivity contribution in [3.05, 3.63) is 32.7 Å². The highest BCUT2D eigenvalue weighted by molar-refractivity contribution is 7.09. The van der Waals surface area contributed by atoms with E-state index in [0.717, 1.165) is 43.2 Å². The Labute approximate surface area is 144 Å². The van der Waals surface area contributed by atoms with Gasteiger partial charge in [0, 0.05) is 36.5 Å². The van der Waals surface area contributed by atoms with Crippen LogP contribution in [-0.2, 0) is 22.6 Å². The van der Waals surface area contributed by atoms with Crippen molar-refractivity contribution >= 4 is 22.7 Å². The van der Waals surface area contributed by atoms with Crippen molar-refractivity contribution in [2.45, 2.75) is 44.6 Å². The van der Waals surface area contributed by atoms with Crippen LogP contribution >= 0.6 is 22.7 Å². The molecule has 2 atom stereocenters. The van der Waals surface area contributed by atoms with Gasteiger partial charge in [0.25, 0.3) is 0 Å². The van der Waals surface area contributed by atoms with Gasteiger partial charge < -0.3 is 9.47 Å². The van der Waals surface area contributed by atoms with Crippen molar-refractivity contribution in [3.63, 3.8) is 0 Å². The second kappa shape index (κ2) is 6.57. The Kier molecular flexibility index (Phi) is 4.47. The quantitative estimate of drug-likeness (QED) is 0.829. The zero-order chi connectivity index (χ0) is 15.7. The number of rotatable bonds is 5. The minimum atomic E-state index is -0.0140. The summed E-state index contributed by atoms with van der Waals surface area (Å²) in [6.45, 7) is 6.33. The van der Waals surface area contributed by atoms with Gasteiger partial charge in [0.1, 0.15) is 5.01 Å². The molecule has 0 radical (unpaired) electrons. The Balaban J connectivity index is 1.28. The largest absolute Gasteiger partial charge is 0.371 e. The zero-order valence-corrected chi connectivity index (χ0v) is 14.9. The van der Waals surface area contributed by atoms with Crippen molar-refractivity contribution in [1.29, 1.82) is 0 Å². The number of hydrogen-bond donors (Lipinski definition) is 0. The molecule has 23 heavy (non-hydrogen) atoms. The van der Waals surface area contributed by atoms with Crippen molar-refractivity contribution in [3.8, 4) is 0 Å². The predicted molar refractivity (Wildman–Crippen MR) is 90.7 cm³/mol. The first-order valence-corrected chi connectivity index (χ1v) is 9.74. The Bertz CT molecular complexity index is 646. The van der Waals surface area contributed by atoms with Gasteiger partial charge in [-0.25, -0.2) is 9.97 Å². The maximum Gasteiger partial charge on any atom is 0.107 e. The standard InChI is InChI=1S/C16H21N3O2S2/c1-12-18-13(10-23-12)8-20-14-6-16(21-9-14)2-4-19(11-16)7-15-17-3-5-22-15/h3,5,10,14H,2,4,6-9,11H2,1H3/t14-,16+/m1/s1. The molecule has 2 aliphatic rings. The summed E-state index contributed by atoms with van der Waals surface area (Å²) in [4.78, 5) is 11.3. The number of likely N-dealkylation sites (tertiary alicyclic amines) is 1. The van der Waals surface area contributed by atoms with Crippen LogP contribution in [0.1, 0.15) is 28.6 Å². The molecule has 4 rings (SSSR count). The van der Waals surface area contributed by atoms with Crippen LogP contribution in [0.15, 0.2) is 17.0 Å². The van der Waals surface area contributed by atoms with E-state index in [9.17, 15) is 0 Å². The molecule has 2 aliphatic heterocycles. The van der Waals surface area contributed by atoms with Crippen LogP contribution < -0.4 is 0 Å². The van der Waals surface area contributed by atoms with Gasteiger partial charge in [-0.2, -0.15) is 0 Å². The second-order valence-corrected chi connectivity index (χ2v) is 8.42. The smallest absolute Gasteiger partial charge is 0.107 e. The summed E-state index contributed by atoms with van der Waals surface area (Å²) in [7, 11) is 0. The van der Waals surface area contributed by atoms with E-state index >= 15 is 0 Å². The first-order valence-electron chi connectivity index (χ1n) is 7.98. The van der Waals surface area contributed by atoms with Crippen molar-refractivity contribution in [2.75, 3.05) is 19.7 Å². The molecule has 0 aromatic carbocycles. The topological polar surface area (TPSA) is 47.5 Å². The molecular weight excluding hydrogens is 330 g/mol. The first kappa shape index (κ1) is 15.7. The number of thiazole rings is 2. The summed E-state index contributed by atoms with van der Waals surface area (Å²) in [5, 5.41) is 6.40. The zero-order valence-electron chi connectivity index (χ0n) is 13.2. The molecule has 0 saturated carbocycles. The van der Waals surface area contributed by atoms with E-state index in [1.165, 1.54) is 5.01 Å². The van der Waals surface area contributed by atoms with Gasteiger partial charge in [0.15, 0.2) is 0 Å². The third-order valence-electron chi connectivity index (χ3n) is 4.55. The molecule has 2 aromatic rings. The summed E-state index contributed by atoms with van der Waals surface area (Å²) < 4.78 is 12.2. The molecular formula is C16H21N3O2S2. The lowest BCUT2D eigenvalue weighted by Gasteiger charge is -2.23. The molecule has 0 unspecified atom stereocenters. The van der Waals surface area contributed by atoms with Crippen LogP contribution in [0.3, 0.4) is 0 Å². The molecule has 2 aromatic heterocycles. The molecule has 5 nitrogen and oxygen atoms in total. The highest BCUT2D eigenvalue weighted by atomic mass is 32.1. The number of ether oxygens (including phenoxy) is 2. The van der Waals surface area contributed by atoms with Crippen molar-refractivity contribution < 1.29 is 9.47 Å². The predicted octanol–water partition coefficient (Wildman–Crippen LogP) is 2.86. The van der Waals surface area contributed by atoms with E-state index < -0.39 is 0 Å². The normalized spacial score (nSPS) is 28.1. The van der Waals surface area contributed by atoms with E-state index in [2.05, 4.69) is 20.2 Å². The van der Waals surface area contributed by atoms with E-state index in [1.807, 2.05) is 18.5 Å². The Hall–Kier alpha value is -0.860. The maximum atomic E-state index is 6.16. The molecule has 0 N–H and O–H groups in total. The van der Waals surface area contributed by atoms with E-state index in [1.54, 1.807) is 22.7 Å². The fourth-order valence-electron chi connectivity index (χ4n) is 3.46. The molecule has 2 fully saturated rings. The molecule has 0 aliphatic carbocycles. The molecule has 0 amide bonds. The Morgan fingerprint density at radius 2 is 2.43 bits per heavy atom. The summed E-state index contributed by atoms with van der Waals surface area (Å²) in [5.41, 5.74) is 1.02. The van der Waals surface area contributed by atoms with Gasteiger partial charge in [-0.05, 0) is 13.3 Å². The lowest BCUT2D eigenvalue weighted by Crippen LogP contribution is -2.32. The average Bonchev–Trinajstić information content (AvgIpc) is 3.29. The van der Waals surface area contributed by atoms with Crippen molar-refractivity contribution in [1.82, 2.24) is 14.9 Å². The molecule has 0 bridgehead atoms. The second-order valence-electron chi connectivity index (χ2n) is 6.38. The summed E-state index contributed by atoms with van der Waals surface area (Å²) >= 11 is 3.40. The van der Waals surface area contributed by atoms with Crippen LogP contribution in [0.25, 0.3) is 0 Å². The van der Waals surface area contributed by atoms with Crippen LogP contribution in [0.4, 0.5) is 0 Å². The van der Waals surface area contributed by atoms with E-state index in [-0.39, 0.29) is 11.7 Å². The highest BCUT2D eigenvalue weighted by Crippen LogP contribution is 2.37. The van der Waals surface area contributed by atoms with Gasteiger partial charge in [-0.1, -0.05) is 0 Å². The Morgan fingerprint density at radius 1 is 1.48 bits per heavy atom. The lowest BCUT2D eigenvalue weighted by atomic mass is 9.98. The van der Waals surface area contributed by atoms with Gasteiger partial charge in [0.2, 0.25) is 0 Å². The summed E-state index contributed by atoms with van der Waals surface area (Å²) in [6.07, 6.45) is 4.15. The molecule has 4 heterocycles. The molecule has 7 heteroatoms. The number of aromatic nitrogens is 2. The van der Waals surface area contributed by atoms with Crippen molar-refractivity contribution in [2.24, 2.45) is 0 Å². The molecule has 1 spiro atoms. The summed E-state index contributed by atoms with van der Waals surface area (Å²) in [5.74, 6) is 0. The van der Waals surface area contributed by atoms with Gasteiger partial charge in [-0.15, -0.1) is 22.7 Å². The van der Waals surface area contributed by atoms with E-state index in [4.69, 9.17) is 9.47 Å². The van der Waals surface area contributed by atoms with Crippen LogP contribution in [-0.4, -0.2) is 46.3 Å². The average molecular weight is 351 g/mol. The van der Waals surface area contributed by atoms with Crippen LogP contribution in [0, 0.1) is 6.92 Å². The number of aryl methyl sites for hydroxylation is 1. The third kappa shape index (κ3) is 3.64. The molecule has 2 saturated heterocycles. The maximum absolute atomic E-state index is 6.16. The summed E-state index contributed by atoms with van der Waals surface area (Å²) in [6, 6.07) is 0. The fraction of sp³-hybridized carbons (Fsp3) is 0.625.